The van der Waals surface area contributed by atoms with E-state index in [4.69, 9.17) is 0 Å². The van der Waals surface area contributed by atoms with E-state index in [1.54, 1.807) is 12.1 Å². The maximum atomic E-state index is 13.8. The Hall–Kier alpha value is -1.75. The monoisotopic (exact) mass is 338 g/mol. The predicted molar refractivity (Wildman–Crippen MR) is 88.0 cm³/mol. The topological polar surface area (TPSA) is 34.1 Å². The van der Waals surface area contributed by atoms with E-state index in [-0.39, 0.29) is 16.2 Å². The molecule has 2 aromatic carbocycles. The van der Waals surface area contributed by atoms with Gasteiger partial charge in [0.1, 0.15) is 11.6 Å². The minimum atomic E-state index is -3.31. The first-order chi connectivity index (χ1) is 10.9. The van der Waals surface area contributed by atoms with Gasteiger partial charge in [0.15, 0.2) is 9.84 Å². The third-order valence-electron chi connectivity index (χ3n) is 3.72. The van der Waals surface area contributed by atoms with Gasteiger partial charge in [0.2, 0.25) is 0 Å². The molecular weight excluding hydrogens is 318 g/mol. The average molecular weight is 338 g/mol. The van der Waals surface area contributed by atoms with E-state index < -0.39 is 21.5 Å². The Morgan fingerprint density at radius 3 is 2.22 bits per heavy atom. The first kappa shape index (κ1) is 17.6. The number of unbranched alkanes of at least 4 members (excludes halogenated alkanes) is 3. The van der Waals surface area contributed by atoms with E-state index >= 15 is 0 Å². The Balaban J connectivity index is 2.15. The summed E-state index contributed by atoms with van der Waals surface area (Å²) in [5.41, 5.74) is 0.769. The summed E-state index contributed by atoms with van der Waals surface area (Å²) in [4.78, 5) is 0.236. The molecule has 0 saturated heterocycles. The van der Waals surface area contributed by atoms with Crippen LogP contribution in [0.15, 0.2) is 47.4 Å². The molecule has 0 radical (unpaired) electrons. The van der Waals surface area contributed by atoms with Crippen LogP contribution in [-0.4, -0.2) is 14.2 Å². The molecule has 0 atom stereocenters. The van der Waals surface area contributed by atoms with Gasteiger partial charge in [0, 0.05) is 11.6 Å². The quantitative estimate of drug-likeness (QED) is 0.667. The second kappa shape index (κ2) is 7.68. The van der Waals surface area contributed by atoms with E-state index in [9.17, 15) is 17.2 Å². The number of sulfone groups is 1. The molecule has 0 amide bonds. The van der Waals surface area contributed by atoms with Crippen molar-refractivity contribution in [3.8, 4) is 11.1 Å². The van der Waals surface area contributed by atoms with Gasteiger partial charge in [-0.25, -0.2) is 17.2 Å². The maximum absolute atomic E-state index is 13.8. The van der Waals surface area contributed by atoms with Crippen molar-refractivity contribution >= 4 is 9.84 Å². The van der Waals surface area contributed by atoms with Gasteiger partial charge in [-0.2, -0.15) is 0 Å². The molecule has 0 fully saturated rings. The molecule has 5 heteroatoms. The highest BCUT2D eigenvalue weighted by atomic mass is 32.2. The average Bonchev–Trinajstić information content (AvgIpc) is 2.52. The summed E-state index contributed by atoms with van der Waals surface area (Å²) in [7, 11) is -3.31. The lowest BCUT2D eigenvalue weighted by molar-refractivity contribution is 0.585. The van der Waals surface area contributed by atoms with Crippen molar-refractivity contribution in [1.29, 1.82) is 0 Å². The Morgan fingerprint density at radius 2 is 1.61 bits per heavy atom. The standard InChI is InChI=1S/C18H20F2O2S/c1-2-3-4-5-12-23(21,22)16-9-6-14(7-10-16)17-11-8-15(19)13-18(17)20/h6-11,13H,2-5,12H2,1H3. The minimum Gasteiger partial charge on any atom is -0.224 e. The first-order valence-corrected chi connectivity index (χ1v) is 9.37. The van der Waals surface area contributed by atoms with Crippen LogP contribution in [0.2, 0.25) is 0 Å². The Labute approximate surface area is 136 Å². The summed E-state index contributed by atoms with van der Waals surface area (Å²) in [5, 5.41) is 0. The Morgan fingerprint density at radius 1 is 0.913 bits per heavy atom. The molecule has 0 N–H and O–H groups in total. The lowest BCUT2D eigenvalue weighted by atomic mass is 10.1. The van der Waals surface area contributed by atoms with Gasteiger partial charge in [-0.3, -0.25) is 0 Å². The smallest absolute Gasteiger partial charge is 0.178 e. The summed E-state index contributed by atoms with van der Waals surface area (Å²) in [6.45, 7) is 2.07. The molecule has 0 bridgehead atoms. The van der Waals surface area contributed by atoms with E-state index in [2.05, 4.69) is 6.92 Å². The molecule has 2 rings (SSSR count). The highest BCUT2D eigenvalue weighted by molar-refractivity contribution is 7.91. The van der Waals surface area contributed by atoms with Crippen LogP contribution in [0.3, 0.4) is 0 Å². The maximum Gasteiger partial charge on any atom is 0.178 e. The molecule has 23 heavy (non-hydrogen) atoms. The largest absolute Gasteiger partial charge is 0.224 e. The highest BCUT2D eigenvalue weighted by Crippen LogP contribution is 2.25. The number of hydrogen-bond acceptors (Lipinski definition) is 2. The molecule has 2 aromatic rings. The minimum absolute atomic E-state index is 0.122. The van der Waals surface area contributed by atoms with Crippen LogP contribution in [-0.2, 0) is 9.84 Å². The summed E-state index contributed by atoms with van der Waals surface area (Å²) in [6, 6.07) is 9.40. The molecule has 0 unspecified atom stereocenters. The van der Waals surface area contributed by atoms with Crippen LogP contribution in [0.5, 0.6) is 0 Å². The molecule has 0 heterocycles. The van der Waals surface area contributed by atoms with E-state index in [1.807, 2.05) is 0 Å². The van der Waals surface area contributed by atoms with Crippen LogP contribution in [0, 0.1) is 11.6 Å². The van der Waals surface area contributed by atoms with Crippen molar-refractivity contribution < 1.29 is 17.2 Å². The van der Waals surface area contributed by atoms with Gasteiger partial charge in [0.25, 0.3) is 0 Å². The number of benzene rings is 2. The second-order valence-corrected chi connectivity index (χ2v) is 7.64. The van der Waals surface area contributed by atoms with Gasteiger partial charge in [0.05, 0.1) is 10.6 Å². The van der Waals surface area contributed by atoms with E-state index in [1.165, 1.54) is 24.3 Å². The summed E-state index contributed by atoms with van der Waals surface area (Å²) in [5.74, 6) is -1.19. The lowest BCUT2D eigenvalue weighted by Crippen LogP contribution is -2.06. The zero-order chi connectivity index (χ0) is 16.9. The molecule has 0 aliphatic rings. The zero-order valence-electron chi connectivity index (χ0n) is 13.1. The van der Waals surface area contributed by atoms with Crippen molar-refractivity contribution in [2.24, 2.45) is 0 Å². The summed E-state index contributed by atoms with van der Waals surface area (Å²) in [6.07, 6.45) is 3.62. The molecule has 0 spiro atoms. The van der Waals surface area contributed by atoms with Crippen LogP contribution in [0.4, 0.5) is 8.78 Å². The van der Waals surface area contributed by atoms with Gasteiger partial charge in [-0.05, 0) is 36.2 Å². The van der Waals surface area contributed by atoms with Crippen molar-refractivity contribution in [1.82, 2.24) is 0 Å². The van der Waals surface area contributed by atoms with Crippen molar-refractivity contribution in [2.45, 2.75) is 37.5 Å². The fraction of sp³-hybridized carbons (Fsp3) is 0.333. The van der Waals surface area contributed by atoms with Gasteiger partial charge in [-0.1, -0.05) is 38.3 Å². The molecular formula is C18H20F2O2S. The third-order valence-corrected chi connectivity index (χ3v) is 5.54. The number of rotatable bonds is 7. The van der Waals surface area contributed by atoms with Gasteiger partial charge >= 0.3 is 0 Å². The molecule has 124 valence electrons. The summed E-state index contributed by atoms with van der Waals surface area (Å²) >= 11 is 0. The first-order valence-electron chi connectivity index (χ1n) is 7.72. The van der Waals surface area contributed by atoms with E-state index in [0.29, 0.717) is 12.0 Å². The van der Waals surface area contributed by atoms with Crippen LogP contribution >= 0.6 is 0 Å². The second-order valence-electron chi connectivity index (χ2n) is 5.53. The molecule has 0 aliphatic heterocycles. The number of hydrogen-bond donors (Lipinski definition) is 0. The van der Waals surface area contributed by atoms with Gasteiger partial charge < -0.3 is 0 Å². The fourth-order valence-electron chi connectivity index (χ4n) is 2.40. The SMILES string of the molecule is CCCCCCS(=O)(=O)c1ccc(-c2ccc(F)cc2F)cc1. The van der Waals surface area contributed by atoms with Crippen LogP contribution in [0.25, 0.3) is 11.1 Å². The summed E-state index contributed by atoms with van der Waals surface area (Å²) < 4.78 is 51.2. The molecule has 0 aromatic heterocycles. The lowest BCUT2D eigenvalue weighted by Gasteiger charge is -2.07. The number of halogens is 2. The Bertz CT molecular complexity index is 753. The van der Waals surface area contributed by atoms with Gasteiger partial charge in [-0.15, -0.1) is 0 Å². The molecule has 0 saturated carbocycles. The normalized spacial score (nSPS) is 11.6. The Kier molecular flexibility index (Phi) is 5.88. The van der Waals surface area contributed by atoms with Crippen LogP contribution < -0.4 is 0 Å². The molecule has 0 aliphatic carbocycles. The third kappa shape index (κ3) is 4.61. The van der Waals surface area contributed by atoms with Crippen LogP contribution in [0.1, 0.15) is 32.6 Å². The zero-order valence-corrected chi connectivity index (χ0v) is 13.9. The van der Waals surface area contributed by atoms with Crippen molar-refractivity contribution in [2.75, 3.05) is 5.75 Å². The van der Waals surface area contributed by atoms with E-state index in [0.717, 1.165) is 25.3 Å². The molecule has 2 nitrogen and oxygen atoms in total. The fourth-order valence-corrected chi connectivity index (χ4v) is 3.77. The van der Waals surface area contributed by atoms with Crippen molar-refractivity contribution in [3.05, 3.63) is 54.1 Å². The van der Waals surface area contributed by atoms with Crippen molar-refractivity contribution in [3.63, 3.8) is 0 Å². The predicted octanol–water partition coefficient (Wildman–Crippen LogP) is 4.99. The highest BCUT2D eigenvalue weighted by Gasteiger charge is 2.14.